The molecule has 0 radical (unpaired) electrons. The molecular weight excluding hydrogens is 200 g/mol. The van der Waals surface area contributed by atoms with Crippen molar-refractivity contribution < 1.29 is 0 Å². The normalized spacial score (nSPS) is 12.4. The Kier molecular flexibility index (Phi) is 5.67. The zero-order chi connectivity index (χ0) is 12.7. The molecule has 0 aliphatic carbocycles. The minimum atomic E-state index is -0.328. The Morgan fingerprint density at radius 1 is 0.812 bits per heavy atom. The summed E-state index contributed by atoms with van der Waals surface area (Å²) in [4.78, 5) is 0. The summed E-state index contributed by atoms with van der Waals surface area (Å²) in [5, 5.41) is 25.6. The average molecular weight is 220 g/mol. The van der Waals surface area contributed by atoms with Gasteiger partial charge < -0.3 is 0 Å². The van der Waals surface area contributed by atoms with Crippen LogP contribution in [0.15, 0.2) is 10.2 Å². The van der Waals surface area contributed by atoms with Gasteiger partial charge in [0.15, 0.2) is 0 Å². The monoisotopic (exact) mass is 220 g/mol. The van der Waals surface area contributed by atoms with Crippen LogP contribution in [0.2, 0.25) is 0 Å². The predicted molar refractivity (Wildman–Crippen MR) is 62.6 cm³/mol. The molecule has 0 bridgehead atoms. The van der Waals surface area contributed by atoms with E-state index in [2.05, 4.69) is 22.4 Å². The Bertz CT molecular complexity index is 283. The molecule has 0 aliphatic heterocycles. The highest BCUT2D eigenvalue weighted by Crippen LogP contribution is 2.19. The van der Waals surface area contributed by atoms with Gasteiger partial charge in [-0.2, -0.15) is 20.8 Å². The van der Waals surface area contributed by atoms with E-state index < -0.39 is 0 Å². The molecule has 4 nitrogen and oxygen atoms in total. The number of hydrogen-bond acceptors (Lipinski definition) is 4. The van der Waals surface area contributed by atoms with Crippen molar-refractivity contribution in [1.82, 2.24) is 0 Å². The lowest BCUT2D eigenvalue weighted by atomic mass is 9.91. The highest BCUT2D eigenvalue weighted by atomic mass is 15.1. The van der Waals surface area contributed by atoms with Crippen LogP contribution in [-0.2, 0) is 0 Å². The third kappa shape index (κ3) is 6.95. The SMILES string of the molecule is CC(C)(C#N)CCN=NCCC(C)(C)C#N. The summed E-state index contributed by atoms with van der Waals surface area (Å²) in [6.07, 6.45) is 1.43. The molecule has 0 saturated heterocycles. The van der Waals surface area contributed by atoms with Crippen LogP contribution in [0.5, 0.6) is 0 Å². The van der Waals surface area contributed by atoms with E-state index in [9.17, 15) is 0 Å². The molecule has 0 spiro atoms. The van der Waals surface area contributed by atoms with Crippen LogP contribution in [-0.4, -0.2) is 13.1 Å². The maximum atomic E-state index is 8.78. The van der Waals surface area contributed by atoms with Crippen molar-refractivity contribution in [2.75, 3.05) is 13.1 Å². The van der Waals surface area contributed by atoms with Gasteiger partial charge in [0.1, 0.15) is 0 Å². The topological polar surface area (TPSA) is 72.3 Å². The number of hydrogen-bond donors (Lipinski definition) is 0. The minimum absolute atomic E-state index is 0.328. The fourth-order valence-corrected chi connectivity index (χ4v) is 0.912. The van der Waals surface area contributed by atoms with Crippen LogP contribution in [0.25, 0.3) is 0 Å². The largest absolute Gasteiger partial charge is 0.198 e. The predicted octanol–water partition coefficient (Wildman–Crippen LogP) is 3.32. The van der Waals surface area contributed by atoms with Crippen molar-refractivity contribution in [1.29, 1.82) is 10.5 Å². The van der Waals surface area contributed by atoms with Crippen molar-refractivity contribution in [3.63, 3.8) is 0 Å². The van der Waals surface area contributed by atoms with Crippen LogP contribution in [0.1, 0.15) is 40.5 Å². The maximum absolute atomic E-state index is 8.78. The van der Waals surface area contributed by atoms with Crippen molar-refractivity contribution in [2.24, 2.45) is 21.1 Å². The van der Waals surface area contributed by atoms with Gasteiger partial charge in [-0.15, -0.1) is 0 Å². The second kappa shape index (κ2) is 6.23. The summed E-state index contributed by atoms with van der Waals surface area (Å²) in [6.45, 7) is 8.71. The van der Waals surface area contributed by atoms with E-state index in [0.717, 1.165) is 0 Å². The summed E-state index contributed by atoms with van der Waals surface area (Å²) >= 11 is 0. The number of rotatable bonds is 6. The summed E-state index contributed by atoms with van der Waals surface area (Å²) in [7, 11) is 0. The van der Waals surface area contributed by atoms with Crippen LogP contribution in [0, 0.1) is 33.5 Å². The molecule has 16 heavy (non-hydrogen) atoms. The van der Waals surface area contributed by atoms with Crippen molar-refractivity contribution in [3.8, 4) is 12.1 Å². The molecule has 0 aromatic rings. The van der Waals surface area contributed by atoms with Crippen molar-refractivity contribution >= 4 is 0 Å². The first kappa shape index (κ1) is 14.6. The zero-order valence-corrected chi connectivity index (χ0v) is 10.6. The lowest BCUT2D eigenvalue weighted by molar-refractivity contribution is 0.441. The second-order valence-corrected chi connectivity index (χ2v) is 5.22. The van der Waals surface area contributed by atoms with Gasteiger partial charge in [-0.25, -0.2) is 0 Å². The van der Waals surface area contributed by atoms with E-state index in [1.165, 1.54) is 0 Å². The Balaban J connectivity index is 3.75. The molecule has 0 heterocycles. The maximum Gasteiger partial charge on any atom is 0.0684 e. The Hall–Kier alpha value is -1.42. The van der Waals surface area contributed by atoms with Gasteiger partial charge in [0.25, 0.3) is 0 Å². The quantitative estimate of drug-likeness (QED) is 0.644. The molecule has 0 unspecified atom stereocenters. The number of nitriles is 2. The van der Waals surface area contributed by atoms with Gasteiger partial charge in [0.05, 0.1) is 36.1 Å². The van der Waals surface area contributed by atoms with E-state index in [1.807, 2.05) is 27.7 Å². The second-order valence-electron chi connectivity index (χ2n) is 5.22. The molecule has 0 aliphatic rings. The Morgan fingerprint density at radius 3 is 1.38 bits per heavy atom. The van der Waals surface area contributed by atoms with Gasteiger partial charge in [-0.05, 0) is 40.5 Å². The summed E-state index contributed by atoms with van der Waals surface area (Å²) in [5.41, 5.74) is -0.657. The minimum Gasteiger partial charge on any atom is -0.198 e. The van der Waals surface area contributed by atoms with E-state index in [-0.39, 0.29) is 10.8 Å². The molecule has 0 rings (SSSR count). The third-order valence-corrected chi connectivity index (χ3v) is 2.38. The number of nitrogens with zero attached hydrogens (tertiary/aromatic N) is 4. The lowest BCUT2D eigenvalue weighted by Crippen LogP contribution is -2.10. The molecule has 0 atom stereocenters. The van der Waals surface area contributed by atoms with Crippen LogP contribution in [0.4, 0.5) is 0 Å². The smallest absolute Gasteiger partial charge is 0.0684 e. The van der Waals surface area contributed by atoms with E-state index >= 15 is 0 Å². The van der Waals surface area contributed by atoms with E-state index in [0.29, 0.717) is 25.9 Å². The molecule has 0 aromatic heterocycles. The fraction of sp³-hybridized carbons (Fsp3) is 0.833. The van der Waals surface area contributed by atoms with Crippen molar-refractivity contribution in [2.45, 2.75) is 40.5 Å². The van der Waals surface area contributed by atoms with E-state index in [4.69, 9.17) is 10.5 Å². The van der Waals surface area contributed by atoms with Gasteiger partial charge >= 0.3 is 0 Å². The number of azo groups is 1. The highest BCUT2D eigenvalue weighted by molar-refractivity contribution is 4.92. The van der Waals surface area contributed by atoms with E-state index in [1.54, 1.807) is 0 Å². The van der Waals surface area contributed by atoms with Crippen molar-refractivity contribution in [3.05, 3.63) is 0 Å². The molecular formula is C12H20N4. The molecule has 88 valence electrons. The van der Waals surface area contributed by atoms with Crippen LogP contribution < -0.4 is 0 Å². The molecule has 4 heteroatoms. The van der Waals surface area contributed by atoms with Gasteiger partial charge in [0.2, 0.25) is 0 Å². The van der Waals surface area contributed by atoms with Crippen LogP contribution in [0.3, 0.4) is 0 Å². The summed E-state index contributed by atoms with van der Waals surface area (Å²) in [5.74, 6) is 0. The fourth-order valence-electron chi connectivity index (χ4n) is 0.912. The lowest BCUT2D eigenvalue weighted by Gasteiger charge is -2.12. The zero-order valence-electron chi connectivity index (χ0n) is 10.6. The first-order valence-electron chi connectivity index (χ1n) is 5.49. The first-order chi connectivity index (χ1) is 7.33. The van der Waals surface area contributed by atoms with Gasteiger partial charge in [-0.3, -0.25) is 0 Å². The Labute approximate surface area is 98.0 Å². The highest BCUT2D eigenvalue weighted by Gasteiger charge is 2.16. The molecule has 0 aromatic carbocycles. The van der Waals surface area contributed by atoms with Gasteiger partial charge in [-0.1, -0.05) is 0 Å². The summed E-state index contributed by atoms with van der Waals surface area (Å²) in [6, 6.07) is 4.44. The average Bonchev–Trinajstić information content (AvgIpc) is 2.23. The molecule has 0 amide bonds. The standard InChI is InChI=1S/C12H20N4/c1-11(2,9-13)5-7-15-16-8-6-12(3,4)10-14/h5-8H2,1-4H3. The van der Waals surface area contributed by atoms with Gasteiger partial charge in [0, 0.05) is 0 Å². The van der Waals surface area contributed by atoms with Crippen LogP contribution >= 0.6 is 0 Å². The third-order valence-electron chi connectivity index (χ3n) is 2.38. The summed E-state index contributed by atoms with van der Waals surface area (Å²) < 4.78 is 0. The Morgan fingerprint density at radius 2 is 1.12 bits per heavy atom. The molecule has 0 fully saturated rings. The first-order valence-corrected chi connectivity index (χ1v) is 5.49. The molecule has 0 N–H and O–H groups in total. The molecule has 0 saturated carbocycles.